The third-order valence-electron chi connectivity index (χ3n) is 4.38. The van der Waals surface area contributed by atoms with Crippen molar-refractivity contribution < 1.29 is 13.9 Å². The molecule has 3 rings (SSSR count). The number of aromatic nitrogens is 2. The van der Waals surface area contributed by atoms with Gasteiger partial charge in [-0.15, -0.1) is 0 Å². The predicted octanol–water partition coefficient (Wildman–Crippen LogP) is 2.23. The van der Waals surface area contributed by atoms with Crippen molar-refractivity contribution in [3.8, 4) is 0 Å². The largest absolute Gasteiger partial charge is 0.462 e. The Labute approximate surface area is 140 Å². The lowest BCUT2D eigenvalue weighted by molar-refractivity contribution is 0.0526. The van der Waals surface area contributed by atoms with Gasteiger partial charge in [0.05, 0.1) is 13.2 Å². The zero-order chi connectivity index (χ0) is 17.3. The van der Waals surface area contributed by atoms with Crippen molar-refractivity contribution in [1.82, 2.24) is 14.9 Å². The summed E-state index contributed by atoms with van der Waals surface area (Å²) in [5, 5.41) is 0.168. The first kappa shape index (κ1) is 16.7. The first-order chi connectivity index (χ1) is 11.5. The second-order valence-corrected chi connectivity index (χ2v) is 6.43. The Morgan fingerprint density at radius 1 is 1.50 bits per heavy atom. The molecule has 0 spiro atoms. The molecule has 0 amide bonds. The van der Waals surface area contributed by atoms with Gasteiger partial charge < -0.3 is 14.1 Å². The topological polar surface area (TPSA) is 88.4 Å². The van der Waals surface area contributed by atoms with Gasteiger partial charge >= 0.3 is 5.97 Å². The van der Waals surface area contributed by atoms with Crippen LogP contribution >= 0.6 is 0 Å². The van der Waals surface area contributed by atoms with Gasteiger partial charge in [0, 0.05) is 6.54 Å². The van der Waals surface area contributed by atoms with Gasteiger partial charge in [-0.2, -0.15) is 4.98 Å². The Kier molecular flexibility index (Phi) is 4.71. The van der Waals surface area contributed by atoms with E-state index in [0.717, 1.165) is 19.5 Å². The Morgan fingerprint density at radius 2 is 2.29 bits per heavy atom. The van der Waals surface area contributed by atoms with Crippen LogP contribution in [0.5, 0.6) is 0 Å². The number of aryl methyl sites for hydroxylation is 1. The number of hydrogen-bond acceptors (Lipinski definition) is 6. The molecule has 7 nitrogen and oxygen atoms in total. The number of fused-ring (bicyclic) bond motifs is 1. The quantitative estimate of drug-likeness (QED) is 0.863. The van der Waals surface area contributed by atoms with Crippen molar-refractivity contribution in [2.45, 2.75) is 40.2 Å². The lowest BCUT2D eigenvalue weighted by Crippen LogP contribution is -2.34. The second kappa shape index (κ2) is 6.76. The normalized spacial score (nSPS) is 18.9. The standard InChI is InChI=1S/C17H23N3O4/c1-4-23-17(22)13-11(3)24-16-14(13)15(21)18-12(19-16)9-20-7-5-6-10(2)8-20/h10H,4-9H2,1-3H3,(H,18,19,21). The molecule has 1 unspecified atom stereocenters. The van der Waals surface area contributed by atoms with Crippen molar-refractivity contribution in [1.29, 1.82) is 0 Å². The molecule has 3 heterocycles. The monoisotopic (exact) mass is 333 g/mol. The predicted molar refractivity (Wildman–Crippen MR) is 89.0 cm³/mol. The molecule has 2 aromatic heterocycles. The Balaban J connectivity index is 1.93. The first-order valence-electron chi connectivity index (χ1n) is 8.41. The zero-order valence-corrected chi connectivity index (χ0v) is 14.3. The molecular weight excluding hydrogens is 310 g/mol. The van der Waals surface area contributed by atoms with E-state index in [-0.39, 0.29) is 28.8 Å². The summed E-state index contributed by atoms with van der Waals surface area (Å²) in [6, 6.07) is 0. The maximum Gasteiger partial charge on any atom is 0.342 e. The molecule has 0 radical (unpaired) electrons. The average Bonchev–Trinajstić information content (AvgIpc) is 2.84. The average molecular weight is 333 g/mol. The number of ether oxygens (including phenoxy) is 1. The lowest BCUT2D eigenvalue weighted by Gasteiger charge is -2.30. The van der Waals surface area contributed by atoms with Crippen LogP contribution in [0.3, 0.4) is 0 Å². The van der Waals surface area contributed by atoms with Crippen LogP contribution in [-0.4, -0.2) is 40.5 Å². The number of esters is 1. The molecule has 0 saturated carbocycles. The van der Waals surface area contributed by atoms with E-state index in [2.05, 4.69) is 21.8 Å². The van der Waals surface area contributed by atoms with Crippen LogP contribution in [0.15, 0.2) is 9.21 Å². The van der Waals surface area contributed by atoms with E-state index in [4.69, 9.17) is 9.15 Å². The number of aromatic amines is 1. The minimum absolute atomic E-state index is 0.166. The molecule has 1 saturated heterocycles. The van der Waals surface area contributed by atoms with Crippen LogP contribution in [0, 0.1) is 12.8 Å². The number of rotatable bonds is 4. The minimum atomic E-state index is -0.557. The van der Waals surface area contributed by atoms with Crippen LogP contribution < -0.4 is 5.56 Å². The number of H-pyrrole nitrogens is 1. The molecular formula is C17H23N3O4. The highest BCUT2D eigenvalue weighted by molar-refractivity contribution is 6.03. The Morgan fingerprint density at radius 3 is 3.00 bits per heavy atom. The summed E-state index contributed by atoms with van der Waals surface area (Å²) in [4.78, 5) is 34.0. The molecule has 2 aromatic rings. The number of furan rings is 1. The summed E-state index contributed by atoms with van der Waals surface area (Å²) in [6.07, 6.45) is 2.39. The summed E-state index contributed by atoms with van der Waals surface area (Å²) < 4.78 is 10.6. The molecule has 0 bridgehead atoms. The maximum atomic E-state index is 12.5. The highest BCUT2D eigenvalue weighted by Crippen LogP contribution is 2.22. The second-order valence-electron chi connectivity index (χ2n) is 6.43. The Hall–Kier alpha value is -2.15. The van der Waals surface area contributed by atoms with Gasteiger partial charge in [-0.1, -0.05) is 6.92 Å². The fraction of sp³-hybridized carbons (Fsp3) is 0.588. The number of carbonyl (C=O) groups excluding carboxylic acids is 1. The molecule has 7 heteroatoms. The van der Waals surface area contributed by atoms with Crippen molar-refractivity contribution in [3.63, 3.8) is 0 Å². The van der Waals surface area contributed by atoms with Crippen LogP contribution in [-0.2, 0) is 11.3 Å². The van der Waals surface area contributed by atoms with E-state index >= 15 is 0 Å². The van der Waals surface area contributed by atoms with E-state index in [0.29, 0.717) is 24.0 Å². The van der Waals surface area contributed by atoms with Gasteiger partial charge in [0.1, 0.15) is 22.5 Å². The number of likely N-dealkylation sites (tertiary alicyclic amines) is 1. The van der Waals surface area contributed by atoms with Gasteiger partial charge in [-0.05, 0) is 39.2 Å². The zero-order valence-electron chi connectivity index (χ0n) is 14.3. The summed E-state index contributed by atoms with van der Waals surface area (Å²) in [6.45, 7) is 8.39. The molecule has 1 N–H and O–H groups in total. The molecule has 1 fully saturated rings. The Bertz CT molecular complexity index is 808. The van der Waals surface area contributed by atoms with Gasteiger partial charge in [-0.3, -0.25) is 9.69 Å². The van der Waals surface area contributed by atoms with E-state index in [9.17, 15) is 9.59 Å². The van der Waals surface area contributed by atoms with E-state index < -0.39 is 5.97 Å². The molecule has 0 aliphatic carbocycles. The summed E-state index contributed by atoms with van der Waals surface area (Å²) >= 11 is 0. The molecule has 1 aliphatic rings. The van der Waals surface area contributed by atoms with Gasteiger partial charge in [0.15, 0.2) is 0 Å². The molecule has 130 valence electrons. The van der Waals surface area contributed by atoms with E-state index in [1.165, 1.54) is 6.42 Å². The van der Waals surface area contributed by atoms with Crippen LogP contribution in [0.4, 0.5) is 0 Å². The highest BCUT2D eigenvalue weighted by atomic mass is 16.5. The maximum absolute atomic E-state index is 12.5. The third-order valence-corrected chi connectivity index (χ3v) is 4.38. The van der Waals surface area contributed by atoms with Crippen LogP contribution in [0.1, 0.15) is 48.6 Å². The molecule has 1 atom stereocenters. The van der Waals surface area contributed by atoms with E-state index in [1.807, 2.05) is 0 Å². The van der Waals surface area contributed by atoms with Crippen molar-refractivity contribution in [2.24, 2.45) is 5.92 Å². The number of nitrogens with one attached hydrogen (secondary N) is 1. The van der Waals surface area contributed by atoms with Gasteiger partial charge in [-0.25, -0.2) is 4.79 Å². The lowest BCUT2D eigenvalue weighted by atomic mass is 10.0. The first-order valence-corrected chi connectivity index (χ1v) is 8.41. The summed E-state index contributed by atoms with van der Waals surface area (Å²) in [5.74, 6) is 1.00. The summed E-state index contributed by atoms with van der Waals surface area (Å²) in [7, 11) is 0. The van der Waals surface area contributed by atoms with Crippen LogP contribution in [0.2, 0.25) is 0 Å². The van der Waals surface area contributed by atoms with Crippen LogP contribution in [0.25, 0.3) is 11.1 Å². The van der Waals surface area contributed by atoms with E-state index in [1.54, 1.807) is 13.8 Å². The minimum Gasteiger partial charge on any atom is -0.462 e. The fourth-order valence-electron chi connectivity index (χ4n) is 3.33. The smallest absolute Gasteiger partial charge is 0.342 e. The highest BCUT2D eigenvalue weighted by Gasteiger charge is 2.24. The fourth-order valence-corrected chi connectivity index (χ4v) is 3.33. The SMILES string of the molecule is CCOC(=O)c1c(C)oc2nc(CN3CCCC(C)C3)[nH]c(=O)c12. The summed E-state index contributed by atoms with van der Waals surface area (Å²) in [5.41, 5.74) is -0.00179. The molecule has 1 aliphatic heterocycles. The van der Waals surface area contributed by atoms with Crippen molar-refractivity contribution in [3.05, 3.63) is 27.5 Å². The van der Waals surface area contributed by atoms with Gasteiger partial charge in [0.2, 0.25) is 5.71 Å². The number of piperidine rings is 1. The number of nitrogens with zero attached hydrogens (tertiary/aromatic N) is 2. The molecule has 24 heavy (non-hydrogen) atoms. The molecule has 0 aromatic carbocycles. The van der Waals surface area contributed by atoms with Crippen molar-refractivity contribution in [2.75, 3.05) is 19.7 Å². The number of carbonyl (C=O) groups is 1. The van der Waals surface area contributed by atoms with Gasteiger partial charge in [0.25, 0.3) is 5.56 Å². The number of hydrogen-bond donors (Lipinski definition) is 1. The van der Waals surface area contributed by atoms with Crippen molar-refractivity contribution >= 4 is 17.1 Å². The third kappa shape index (κ3) is 3.21.